The maximum Gasteiger partial charge on any atom is 0.279 e. The monoisotopic (exact) mass is 226 g/mol. The highest BCUT2D eigenvalue weighted by molar-refractivity contribution is 5.46. The van der Waals surface area contributed by atoms with Crippen LogP contribution in [0.3, 0.4) is 0 Å². The molecule has 5 nitrogen and oxygen atoms in total. The van der Waals surface area contributed by atoms with Crippen LogP contribution in [0, 0.1) is 16.2 Å². The molecule has 2 rings (SSSR count). The van der Waals surface area contributed by atoms with Crippen LogP contribution in [0.4, 0.5) is 17.1 Å². The van der Waals surface area contributed by atoms with Crippen molar-refractivity contribution in [1.29, 1.82) is 0 Å². The van der Waals surface area contributed by atoms with Gasteiger partial charge in [-0.25, -0.2) is 0 Å². The van der Waals surface area contributed by atoms with E-state index in [1.807, 2.05) is 18.2 Å². The first kappa shape index (κ1) is 10.9. The summed E-state index contributed by atoms with van der Waals surface area (Å²) in [4.78, 5) is 10.0. The molecule has 0 atom stereocenters. The van der Waals surface area contributed by atoms with Gasteiger partial charge in [0.05, 0.1) is 22.4 Å². The molecule has 0 unspecified atom stereocenters. The molecule has 0 fully saturated rings. The Bertz CT molecular complexity index is 553. The van der Waals surface area contributed by atoms with E-state index in [1.165, 1.54) is 12.1 Å². The van der Waals surface area contributed by atoms with E-state index < -0.39 is 4.92 Å². The summed E-state index contributed by atoms with van der Waals surface area (Å²) in [5.74, 6) is 0. The number of nitro benzene ring substituents is 1. The number of nitrogens with zero attached hydrogens (tertiary/aromatic N) is 3. The Labute approximate surface area is 97.6 Å². The second-order valence-corrected chi connectivity index (χ2v) is 3.22. The molecule has 0 N–H and O–H groups in total. The Balaban J connectivity index is 2.22. The standard InChI is InChI=1S/C12H8N3O2/c16-15(17)12-8-4-7-11(9-12)14-13-10-5-2-1-3-6-10/h1-7,9H. The Morgan fingerprint density at radius 3 is 2.47 bits per heavy atom. The van der Waals surface area contributed by atoms with Gasteiger partial charge in [0.1, 0.15) is 0 Å². The van der Waals surface area contributed by atoms with E-state index in [4.69, 9.17) is 0 Å². The van der Waals surface area contributed by atoms with Crippen molar-refractivity contribution in [2.75, 3.05) is 0 Å². The fourth-order valence-electron chi connectivity index (χ4n) is 1.22. The van der Waals surface area contributed by atoms with E-state index in [2.05, 4.69) is 16.3 Å². The summed E-state index contributed by atoms with van der Waals surface area (Å²) < 4.78 is 0. The van der Waals surface area contributed by atoms with Gasteiger partial charge in [0.2, 0.25) is 0 Å². The average Bonchev–Trinajstić information content (AvgIpc) is 2.38. The van der Waals surface area contributed by atoms with Crippen LogP contribution in [0.1, 0.15) is 0 Å². The van der Waals surface area contributed by atoms with Gasteiger partial charge >= 0.3 is 0 Å². The van der Waals surface area contributed by atoms with Crippen molar-refractivity contribution in [2.45, 2.75) is 0 Å². The topological polar surface area (TPSA) is 67.9 Å². The summed E-state index contributed by atoms with van der Waals surface area (Å²) in [6, 6.07) is 16.1. The summed E-state index contributed by atoms with van der Waals surface area (Å²) in [6.45, 7) is 0. The average molecular weight is 226 g/mol. The van der Waals surface area contributed by atoms with Crippen LogP contribution in [-0.2, 0) is 0 Å². The van der Waals surface area contributed by atoms with Crippen molar-refractivity contribution < 1.29 is 4.92 Å². The lowest BCUT2D eigenvalue weighted by molar-refractivity contribution is -0.385. The molecule has 0 aliphatic rings. The first-order chi connectivity index (χ1) is 8.25. The van der Waals surface area contributed by atoms with E-state index in [-0.39, 0.29) is 5.69 Å². The van der Waals surface area contributed by atoms with Crippen LogP contribution < -0.4 is 0 Å². The van der Waals surface area contributed by atoms with Gasteiger partial charge in [0.25, 0.3) is 5.69 Å². The Morgan fingerprint density at radius 2 is 1.76 bits per heavy atom. The van der Waals surface area contributed by atoms with E-state index >= 15 is 0 Å². The molecule has 0 aliphatic heterocycles. The van der Waals surface area contributed by atoms with E-state index in [0.717, 1.165) is 0 Å². The number of rotatable bonds is 3. The predicted octanol–water partition coefficient (Wildman–Crippen LogP) is 3.81. The maximum atomic E-state index is 10.5. The molecule has 17 heavy (non-hydrogen) atoms. The van der Waals surface area contributed by atoms with Crippen LogP contribution in [0.2, 0.25) is 0 Å². The van der Waals surface area contributed by atoms with Crippen molar-refractivity contribution in [3.05, 3.63) is 64.7 Å². The lowest BCUT2D eigenvalue weighted by Crippen LogP contribution is -1.86. The molecule has 0 amide bonds. The Morgan fingerprint density at radius 1 is 1.06 bits per heavy atom. The van der Waals surface area contributed by atoms with Crippen LogP contribution >= 0.6 is 0 Å². The minimum atomic E-state index is -0.512. The highest BCUT2D eigenvalue weighted by atomic mass is 16.6. The summed E-state index contributed by atoms with van der Waals surface area (Å²) in [5.41, 5.74) is 1.01. The van der Waals surface area contributed by atoms with E-state index in [9.17, 15) is 10.1 Å². The second kappa shape index (κ2) is 4.98. The van der Waals surface area contributed by atoms with Gasteiger partial charge in [0, 0.05) is 6.07 Å². The van der Waals surface area contributed by atoms with Crippen molar-refractivity contribution in [2.24, 2.45) is 10.2 Å². The number of hydrogen-bond donors (Lipinski definition) is 0. The minimum Gasteiger partial charge on any atom is -0.258 e. The number of nitro groups is 1. The summed E-state index contributed by atoms with van der Waals surface area (Å²) >= 11 is 0. The molecule has 0 saturated carbocycles. The van der Waals surface area contributed by atoms with Crippen molar-refractivity contribution >= 4 is 17.1 Å². The lowest BCUT2D eigenvalue weighted by Gasteiger charge is -1.93. The number of hydrogen-bond acceptors (Lipinski definition) is 4. The molecule has 0 aromatic heterocycles. The number of azo groups is 1. The molecule has 5 heteroatoms. The molecule has 0 spiro atoms. The quantitative estimate of drug-likeness (QED) is 0.453. The van der Waals surface area contributed by atoms with Gasteiger partial charge < -0.3 is 0 Å². The van der Waals surface area contributed by atoms with E-state index in [1.54, 1.807) is 18.2 Å². The molecule has 1 radical (unpaired) electrons. The minimum absolute atomic E-state index is 0.116. The van der Waals surface area contributed by atoms with Gasteiger partial charge in [0.15, 0.2) is 0 Å². The first-order valence-electron chi connectivity index (χ1n) is 4.88. The molecule has 0 aliphatic carbocycles. The normalized spacial score (nSPS) is 10.6. The Kier molecular flexibility index (Phi) is 3.20. The first-order valence-corrected chi connectivity index (χ1v) is 4.88. The van der Waals surface area contributed by atoms with Crippen molar-refractivity contribution in [3.63, 3.8) is 0 Å². The molecule has 2 aromatic rings. The van der Waals surface area contributed by atoms with Crippen LogP contribution in [0.15, 0.2) is 58.8 Å². The van der Waals surface area contributed by atoms with Crippen LogP contribution in [0.25, 0.3) is 0 Å². The highest BCUT2D eigenvalue weighted by Gasteiger charge is 2.05. The van der Waals surface area contributed by atoms with Crippen LogP contribution in [-0.4, -0.2) is 4.92 Å². The molecule has 0 saturated heterocycles. The number of non-ortho nitro benzene ring substituents is 1. The Hall–Kier alpha value is -2.56. The van der Waals surface area contributed by atoms with Gasteiger partial charge in [-0.15, -0.1) is 0 Å². The third-order valence-electron chi connectivity index (χ3n) is 2.00. The zero-order valence-corrected chi connectivity index (χ0v) is 8.78. The third kappa shape index (κ3) is 2.94. The number of benzene rings is 2. The van der Waals surface area contributed by atoms with Crippen LogP contribution in [0.5, 0.6) is 0 Å². The molecule has 2 aromatic carbocycles. The second-order valence-electron chi connectivity index (χ2n) is 3.22. The summed E-state index contributed by atoms with van der Waals surface area (Å²) in [7, 11) is 0. The van der Waals surface area contributed by atoms with Gasteiger partial charge in [-0.1, -0.05) is 18.2 Å². The largest absolute Gasteiger partial charge is 0.279 e. The predicted molar refractivity (Wildman–Crippen MR) is 62.6 cm³/mol. The van der Waals surface area contributed by atoms with Gasteiger partial charge in [-0.05, 0) is 24.3 Å². The highest BCUT2D eigenvalue weighted by Crippen LogP contribution is 2.21. The molecule has 0 bridgehead atoms. The lowest BCUT2D eigenvalue weighted by atomic mass is 10.3. The maximum absolute atomic E-state index is 10.5. The third-order valence-corrected chi connectivity index (χ3v) is 2.00. The molecular formula is C12H8N3O2. The van der Waals surface area contributed by atoms with Gasteiger partial charge in [-0.3, -0.25) is 10.1 Å². The fourth-order valence-corrected chi connectivity index (χ4v) is 1.22. The van der Waals surface area contributed by atoms with Crippen molar-refractivity contribution in [1.82, 2.24) is 0 Å². The fraction of sp³-hybridized carbons (Fsp3) is 0. The van der Waals surface area contributed by atoms with Crippen molar-refractivity contribution in [3.8, 4) is 0 Å². The SMILES string of the molecule is O=[N+]([O-])c1[c]ccc(N=Nc2ccccc2)c1. The molecule has 83 valence electrons. The smallest absolute Gasteiger partial charge is 0.258 e. The molecule has 0 heterocycles. The summed E-state index contributed by atoms with van der Waals surface area (Å²) in [5, 5.41) is 18.4. The zero-order valence-electron chi connectivity index (χ0n) is 8.78. The summed E-state index contributed by atoms with van der Waals surface area (Å²) in [6.07, 6.45) is 0. The zero-order chi connectivity index (χ0) is 12.1. The molecular weight excluding hydrogens is 218 g/mol. The van der Waals surface area contributed by atoms with E-state index in [0.29, 0.717) is 11.4 Å². The van der Waals surface area contributed by atoms with Gasteiger partial charge in [-0.2, -0.15) is 10.2 Å².